The predicted octanol–water partition coefficient (Wildman–Crippen LogP) is 6.03. The van der Waals surface area contributed by atoms with Crippen LogP contribution >= 0.6 is 11.3 Å². The third-order valence-corrected chi connectivity index (χ3v) is 7.29. The van der Waals surface area contributed by atoms with Crippen LogP contribution in [0.4, 0.5) is 5.13 Å². The number of ether oxygens (including phenoxy) is 1. The highest BCUT2D eigenvalue weighted by Crippen LogP contribution is 2.68. The van der Waals surface area contributed by atoms with Gasteiger partial charge >= 0.3 is 0 Å². The van der Waals surface area contributed by atoms with Gasteiger partial charge in [0.2, 0.25) is 5.91 Å². The molecule has 3 aromatic carbocycles. The molecule has 4 nitrogen and oxygen atoms in total. The van der Waals surface area contributed by atoms with Gasteiger partial charge in [-0.3, -0.25) is 4.79 Å². The molecule has 1 aromatic heterocycles. The maximum absolute atomic E-state index is 13.5. The van der Waals surface area contributed by atoms with Crippen molar-refractivity contribution < 1.29 is 9.53 Å². The summed E-state index contributed by atoms with van der Waals surface area (Å²) in [5.41, 5.74) is 2.32. The number of carbonyl (C=O) groups excluding carboxylic acids is 1. The van der Waals surface area contributed by atoms with E-state index in [-0.39, 0.29) is 11.3 Å². The van der Waals surface area contributed by atoms with Crippen molar-refractivity contribution >= 4 is 32.6 Å². The minimum atomic E-state index is -0.552. The highest BCUT2D eigenvalue weighted by molar-refractivity contribution is 7.22. The SMILES string of the molecule is CCOc1ccc2nc(NC(=O)C3(C)CC3(c3ccccc3)c3ccccc3)sc2c1. The molecule has 5 rings (SSSR count). The third-order valence-electron chi connectivity index (χ3n) is 6.36. The van der Waals surface area contributed by atoms with E-state index in [2.05, 4.69) is 41.5 Å². The lowest BCUT2D eigenvalue weighted by molar-refractivity contribution is -0.121. The largest absolute Gasteiger partial charge is 0.494 e. The molecule has 1 aliphatic rings. The quantitative estimate of drug-likeness (QED) is 0.408. The van der Waals surface area contributed by atoms with E-state index in [4.69, 9.17) is 4.74 Å². The number of rotatable bonds is 6. The van der Waals surface area contributed by atoms with Crippen LogP contribution in [0, 0.1) is 5.41 Å². The first-order valence-corrected chi connectivity index (χ1v) is 11.3. The Morgan fingerprint density at radius 2 is 1.68 bits per heavy atom. The van der Waals surface area contributed by atoms with Crippen LogP contribution in [0.1, 0.15) is 31.4 Å². The number of nitrogens with zero attached hydrogens (tertiary/aromatic N) is 1. The van der Waals surface area contributed by atoms with Crippen molar-refractivity contribution in [3.05, 3.63) is 90.0 Å². The number of thiazole rings is 1. The molecule has 1 unspecified atom stereocenters. The van der Waals surface area contributed by atoms with Crippen molar-refractivity contribution in [1.82, 2.24) is 4.98 Å². The molecule has 0 saturated heterocycles. The smallest absolute Gasteiger partial charge is 0.233 e. The van der Waals surface area contributed by atoms with Crippen LogP contribution in [0.2, 0.25) is 0 Å². The van der Waals surface area contributed by atoms with E-state index in [0.717, 1.165) is 22.4 Å². The number of anilines is 1. The van der Waals surface area contributed by atoms with Crippen LogP contribution < -0.4 is 10.1 Å². The van der Waals surface area contributed by atoms with Crippen LogP contribution in [0.5, 0.6) is 5.75 Å². The minimum Gasteiger partial charge on any atom is -0.494 e. The van der Waals surface area contributed by atoms with Gasteiger partial charge in [-0.05, 0) is 49.6 Å². The van der Waals surface area contributed by atoms with Crippen molar-refractivity contribution in [1.29, 1.82) is 0 Å². The summed E-state index contributed by atoms with van der Waals surface area (Å²) in [6.45, 7) is 4.64. The van der Waals surface area contributed by atoms with Crippen LogP contribution in [-0.4, -0.2) is 17.5 Å². The van der Waals surface area contributed by atoms with Gasteiger partial charge in [-0.2, -0.15) is 0 Å². The summed E-state index contributed by atoms with van der Waals surface area (Å²) in [5, 5.41) is 3.73. The number of aromatic nitrogens is 1. The van der Waals surface area contributed by atoms with Crippen LogP contribution in [0.15, 0.2) is 78.9 Å². The molecule has 1 amide bonds. The van der Waals surface area contributed by atoms with Gasteiger partial charge in [0.05, 0.1) is 22.2 Å². The van der Waals surface area contributed by atoms with E-state index in [0.29, 0.717) is 11.7 Å². The molecule has 1 aliphatic carbocycles. The molecule has 1 N–H and O–H groups in total. The topological polar surface area (TPSA) is 51.2 Å². The summed E-state index contributed by atoms with van der Waals surface area (Å²) >= 11 is 1.48. The molecule has 1 saturated carbocycles. The van der Waals surface area contributed by atoms with Crippen LogP contribution in [0.3, 0.4) is 0 Å². The van der Waals surface area contributed by atoms with Gasteiger partial charge in [-0.1, -0.05) is 72.0 Å². The van der Waals surface area contributed by atoms with E-state index >= 15 is 0 Å². The summed E-state index contributed by atoms with van der Waals surface area (Å²) < 4.78 is 6.58. The average molecular weight is 429 g/mol. The monoisotopic (exact) mass is 428 g/mol. The normalized spacial score (nSPS) is 19.2. The second kappa shape index (κ2) is 7.50. The minimum absolute atomic E-state index is 0.00398. The lowest BCUT2D eigenvalue weighted by atomic mass is 9.80. The zero-order valence-corrected chi connectivity index (χ0v) is 18.4. The fourth-order valence-electron chi connectivity index (χ4n) is 4.66. The van der Waals surface area contributed by atoms with Gasteiger partial charge in [-0.15, -0.1) is 0 Å². The number of hydrogen-bond donors (Lipinski definition) is 1. The Balaban J connectivity index is 1.47. The van der Waals surface area contributed by atoms with Gasteiger partial charge < -0.3 is 10.1 Å². The molecule has 5 heteroatoms. The van der Waals surface area contributed by atoms with Crippen molar-refractivity contribution in [2.75, 3.05) is 11.9 Å². The Bertz CT molecular complexity index is 1200. The van der Waals surface area contributed by atoms with Crippen molar-refractivity contribution in [2.24, 2.45) is 5.41 Å². The number of hydrogen-bond acceptors (Lipinski definition) is 4. The van der Waals surface area contributed by atoms with E-state index in [1.165, 1.54) is 22.5 Å². The van der Waals surface area contributed by atoms with E-state index in [1.807, 2.05) is 61.5 Å². The fourth-order valence-corrected chi connectivity index (χ4v) is 5.55. The third kappa shape index (κ3) is 3.20. The number of carbonyl (C=O) groups is 1. The second-order valence-corrected chi connectivity index (χ2v) is 9.21. The zero-order chi connectivity index (χ0) is 21.5. The molecule has 1 heterocycles. The Labute approximate surface area is 185 Å². The first-order valence-electron chi connectivity index (χ1n) is 10.5. The van der Waals surface area contributed by atoms with Gasteiger partial charge in [0.25, 0.3) is 0 Å². The average Bonchev–Trinajstić information content (AvgIpc) is 3.27. The highest BCUT2D eigenvalue weighted by atomic mass is 32.1. The van der Waals surface area contributed by atoms with Gasteiger partial charge in [0.1, 0.15) is 5.75 Å². The van der Waals surface area contributed by atoms with E-state index < -0.39 is 5.41 Å². The zero-order valence-electron chi connectivity index (χ0n) is 17.6. The van der Waals surface area contributed by atoms with Gasteiger partial charge in [0, 0.05) is 5.41 Å². The van der Waals surface area contributed by atoms with Crippen LogP contribution in [-0.2, 0) is 10.2 Å². The van der Waals surface area contributed by atoms with E-state index in [9.17, 15) is 4.79 Å². The second-order valence-electron chi connectivity index (χ2n) is 8.18. The standard InChI is InChI=1S/C26H24N2O2S/c1-3-30-20-14-15-21-22(16-20)31-24(27-21)28-23(29)25(2)17-26(25,18-10-6-4-7-11-18)19-12-8-5-9-13-19/h4-16H,3,17H2,1-2H3,(H,27,28,29). The van der Waals surface area contributed by atoms with Crippen LogP contribution in [0.25, 0.3) is 10.2 Å². The lowest BCUT2D eigenvalue weighted by Crippen LogP contribution is -2.30. The number of benzene rings is 3. The molecular weight excluding hydrogens is 404 g/mol. The summed E-state index contributed by atoms with van der Waals surface area (Å²) in [4.78, 5) is 18.2. The Morgan fingerprint density at radius 1 is 1.03 bits per heavy atom. The van der Waals surface area contributed by atoms with E-state index in [1.54, 1.807) is 0 Å². The molecule has 0 radical (unpaired) electrons. The van der Waals surface area contributed by atoms with Gasteiger partial charge in [0.15, 0.2) is 5.13 Å². The predicted molar refractivity (Wildman–Crippen MR) is 126 cm³/mol. The van der Waals surface area contributed by atoms with Crippen molar-refractivity contribution in [2.45, 2.75) is 25.7 Å². The number of amides is 1. The molecule has 0 aliphatic heterocycles. The molecule has 31 heavy (non-hydrogen) atoms. The summed E-state index contributed by atoms with van der Waals surface area (Å²) in [7, 11) is 0. The number of nitrogens with one attached hydrogen (secondary N) is 1. The maximum atomic E-state index is 13.5. The first-order chi connectivity index (χ1) is 15.1. The Morgan fingerprint density at radius 3 is 2.29 bits per heavy atom. The Hall–Kier alpha value is -3.18. The maximum Gasteiger partial charge on any atom is 0.233 e. The first kappa shape index (κ1) is 19.8. The molecule has 0 bridgehead atoms. The molecule has 156 valence electrons. The lowest BCUT2D eigenvalue weighted by Gasteiger charge is -2.23. The molecule has 1 atom stereocenters. The summed E-state index contributed by atoms with van der Waals surface area (Å²) in [5.74, 6) is 0.821. The Kier molecular flexibility index (Phi) is 4.78. The van der Waals surface area contributed by atoms with Gasteiger partial charge in [-0.25, -0.2) is 4.98 Å². The molecule has 0 spiro atoms. The molecular formula is C26H24N2O2S. The number of fused-ring (bicyclic) bond motifs is 1. The summed E-state index contributed by atoms with van der Waals surface area (Å²) in [6, 6.07) is 26.5. The summed E-state index contributed by atoms with van der Waals surface area (Å²) in [6.07, 6.45) is 0.763. The van der Waals surface area contributed by atoms with Crippen molar-refractivity contribution in [3.63, 3.8) is 0 Å². The molecule has 4 aromatic rings. The molecule has 1 fully saturated rings. The fraction of sp³-hybridized carbons (Fsp3) is 0.231. The highest BCUT2D eigenvalue weighted by Gasteiger charge is 2.70. The van der Waals surface area contributed by atoms with Crippen molar-refractivity contribution in [3.8, 4) is 5.75 Å².